The molecule has 0 radical (unpaired) electrons. The molecule has 0 saturated heterocycles. The molecule has 0 saturated carbocycles. The molecule has 676 valence electrons. The maximum Gasteiger partial charge on any atom is 0.407 e. The molecule has 0 bridgehead atoms. The van der Waals surface area contributed by atoms with Gasteiger partial charge in [0, 0.05) is 127 Å². The van der Waals surface area contributed by atoms with E-state index >= 15 is 0 Å². The Balaban J connectivity index is 0.440. The SMILES string of the molecule is Cc1cc(F)cc(C)c1Oc1ccc(C(C)(C)O)cc1-c1cn(C)c(=O)c2[nH]c(C(=O)Nc3ccc(OCCOCCOCCOCCOCCOCCOCCOCCOCCNC(=O)CCNC(=O)c4nc(NC(=O)CCNC(=O)c5cc(NC(=O)c6nc(NC(=O)CCNC(=O)OCC7c8ccccc8-c8ccccc87)cn6C)cn5C)cn4C)cc3)cc12. The summed E-state index contributed by atoms with van der Waals surface area (Å²) in [6.45, 7) is 13.3. The average molecular weight is 1750 g/mol. The Morgan fingerprint density at radius 3 is 1.52 bits per heavy atom. The number of nitrogens with one attached hydrogen (secondary N) is 9. The summed E-state index contributed by atoms with van der Waals surface area (Å²) in [5, 5.41) is 32.9. The number of benzene rings is 5. The minimum atomic E-state index is -1.23. The molecule has 5 aromatic heterocycles. The number of nitrogens with zero attached hydrogens (tertiary/aromatic N) is 6. The van der Waals surface area contributed by atoms with Gasteiger partial charge in [0.05, 0.1) is 117 Å². The van der Waals surface area contributed by atoms with Gasteiger partial charge in [-0.1, -0.05) is 54.6 Å². The van der Waals surface area contributed by atoms with Crippen molar-refractivity contribution in [3.05, 3.63) is 207 Å². The number of anilines is 4. The summed E-state index contributed by atoms with van der Waals surface area (Å²) in [4.78, 5) is 129. The third-order valence-corrected chi connectivity index (χ3v) is 20.0. The van der Waals surface area contributed by atoms with E-state index in [1.54, 1.807) is 111 Å². The number of carbonyl (C=O) groups is 8. The van der Waals surface area contributed by atoms with Crippen LogP contribution in [0.2, 0.25) is 0 Å². The van der Waals surface area contributed by atoms with E-state index < -0.39 is 47.1 Å². The fourth-order valence-corrected chi connectivity index (χ4v) is 13.7. The summed E-state index contributed by atoms with van der Waals surface area (Å²) in [7, 11) is 6.36. The molecular weight excluding hydrogens is 1650 g/mol. The molecule has 8 amide bonds. The summed E-state index contributed by atoms with van der Waals surface area (Å²) >= 11 is 0. The van der Waals surface area contributed by atoms with Gasteiger partial charge in [-0.2, -0.15) is 0 Å². The number of hydrogen-bond donors (Lipinski definition) is 10. The van der Waals surface area contributed by atoms with Crippen molar-refractivity contribution in [3.63, 3.8) is 0 Å². The maximum absolute atomic E-state index is 14.3. The Labute approximate surface area is 732 Å². The molecule has 5 aromatic carbocycles. The average Bonchev–Trinajstić information content (AvgIpc) is 1.67. The normalized spacial score (nSPS) is 11.7. The lowest BCUT2D eigenvalue weighted by molar-refractivity contribution is -0.121. The number of aromatic nitrogens is 7. The third-order valence-electron chi connectivity index (χ3n) is 20.0. The minimum absolute atomic E-state index is 0.00829. The van der Waals surface area contributed by atoms with Crippen molar-refractivity contribution in [1.29, 1.82) is 0 Å². The number of alkyl carbamates (subject to hydrolysis) is 1. The number of H-pyrrole nitrogens is 1. The highest BCUT2D eigenvalue weighted by molar-refractivity contribution is 6.08. The highest BCUT2D eigenvalue weighted by atomic mass is 19.1. The van der Waals surface area contributed by atoms with Crippen LogP contribution in [0.3, 0.4) is 0 Å². The lowest BCUT2D eigenvalue weighted by Crippen LogP contribution is -2.33. The van der Waals surface area contributed by atoms with Gasteiger partial charge in [-0.05, 0) is 127 Å². The van der Waals surface area contributed by atoms with Crippen LogP contribution in [-0.4, -0.2) is 231 Å². The monoisotopic (exact) mass is 1750 g/mol. The van der Waals surface area contributed by atoms with E-state index in [1.165, 1.54) is 55.1 Å². The minimum Gasteiger partial charge on any atom is -0.491 e. The van der Waals surface area contributed by atoms with Crippen molar-refractivity contribution < 1.29 is 100.0 Å². The van der Waals surface area contributed by atoms with Gasteiger partial charge in [-0.3, -0.25) is 38.4 Å². The number of aryl methyl sites for hydroxylation is 6. The third kappa shape index (κ3) is 27.8. The van der Waals surface area contributed by atoms with Gasteiger partial charge in [-0.25, -0.2) is 19.2 Å². The van der Waals surface area contributed by atoms with Crippen LogP contribution in [0.4, 0.5) is 32.2 Å². The van der Waals surface area contributed by atoms with Crippen LogP contribution in [0, 0.1) is 19.7 Å². The van der Waals surface area contributed by atoms with Crippen LogP contribution in [0.5, 0.6) is 17.2 Å². The van der Waals surface area contributed by atoms with Gasteiger partial charge in [0.15, 0.2) is 11.6 Å². The van der Waals surface area contributed by atoms with Crippen molar-refractivity contribution in [2.24, 2.45) is 28.2 Å². The quantitative estimate of drug-likeness (QED) is 0.0159. The Kier molecular flexibility index (Phi) is 34.9. The van der Waals surface area contributed by atoms with Crippen LogP contribution in [-0.2, 0) is 90.8 Å². The molecular formula is C90H108FN15O21. The Morgan fingerprint density at radius 1 is 0.472 bits per heavy atom. The molecule has 10 aromatic rings. The van der Waals surface area contributed by atoms with E-state index in [4.69, 9.17) is 52.1 Å². The molecule has 0 atom stereocenters. The number of hydrogen-bond acceptors (Lipinski definition) is 23. The predicted molar refractivity (Wildman–Crippen MR) is 468 cm³/mol. The first kappa shape index (κ1) is 94.7. The Morgan fingerprint density at radius 2 is 0.969 bits per heavy atom. The van der Waals surface area contributed by atoms with Gasteiger partial charge in [0.2, 0.25) is 29.4 Å². The van der Waals surface area contributed by atoms with Crippen LogP contribution in [0.25, 0.3) is 33.2 Å². The number of imidazole rings is 2. The van der Waals surface area contributed by atoms with E-state index in [0.717, 1.165) is 22.3 Å². The number of carbonyl (C=O) groups excluding carboxylic acids is 8. The molecule has 1 aliphatic rings. The second kappa shape index (κ2) is 46.8. The first-order chi connectivity index (χ1) is 61.2. The van der Waals surface area contributed by atoms with E-state index in [0.29, 0.717) is 155 Å². The molecule has 127 heavy (non-hydrogen) atoms. The fraction of sp³-hybridized carbons (Fsp3) is 0.389. The first-order valence-electron chi connectivity index (χ1n) is 41.5. The number of pyridine rings is 1. The highest BCUT2D eigenvalue weighted by Crippen LogP contribution is 2.45. The van der Waals surface area contributed by atoms with Gasteiger partial charge in [0.1, 0.15) is 53.2 Å². The topological polar surface area (TPSA) is 433 Å². The summed E-state index contributed by atoms with van der Waals surface area (Å²) in [6, 6.07) is 33.9. The number of rotatable bonds is 51. The van der Waals surface area contributed by atoms with Gasteiger partial charge in [-0.15, -0.1) is 0 Å². The Hall–Kier alpha value is -13.0. The molecule has 10 N–H and O–H groups in total. The maximum atomic E-state index is 14.3. The summed E-state index contributed by atoms with van der Waals surface area (Å²) < 4.78 is 82.4. The summed E-state index contributed by atoms with van der Waals surface area (Å²) in [5.74, 6) is -2.37. The lowest BCUT2D eigenvalue weighted by atomic mass is 9.93. The molecule has 0 spiro atoms. The van der Waals surface area contributed by atoms with Crippen LogP contribution >= 0.6 is 0 Å². The van der Waals surface area contributed by atoms with E-state index in [9.17, 15) is 52.6 Å². The van der Waals surface area contributed by atoms with Crippen molar-refractivity contribution in [3.8, 4) is 39.5 Å². The molecule has 0 unspecified atom stereocenters. The number of aliphatic hydroxyl groups is 1. The van der Waals surface area contributed by atoms with Crippen LogP contribution in [0.15, 0.2) is 145 Å². The number of aromatic amines is 1. The zero-order chi connectivity index (χ0) is 90.4. The van der Waals surface area contributed by atoms with Gasteiger partial charge >= 0.3 is 6.09 Å². The number of fused-ring (bicyclic) bond motifs is 4. The van der Waals surface area contributed by atoms with Gasteiger partial charge in [0.25, 0.3) is 29.2 Å². The first-order valence-corrected chi connectivity index (χ1v) is 41.5. The predicted octanol–water partition coefficient (Wildman–Crippen LogP) is 8.69. The largest absolute Gasteiger partial charge is 0.491 e. The molecule has 0 aliphatic heterocycles. The summed E-state index contributed by atoms with van der Waals surface area (Å²) in [6.07, 6.45) is 5.18. The van der Waals surface area contributed by atoms with Crippen molar-refractivity contribution in [1.82, 2.24) is 54.5 Å². The van der Waals surface area contributed by atoms with E-state index in [1.807, 2.05) is 48.5 Å². The molecule has 37 heteroatoms. The fourth-order valence-electron chi connectivity index (χ4n) is 13.7. The van der Waals surface area contributed by atoms with Crippen LogP contribution < -0.4 is 57.6 Å². The molecule has 5 heterocycles. The number of halogens is 1. The summed E-state index contributed by atoms with van der Waals surface area (Å²) in [5.41, 5.74) is 6.93. The van der Waals surface area contributed by atoms with Crippen molar-refractivity contribution >= 4 is 81.4 Å². The molecule has 0 fully saturated rings. The van der Waals surface area contributed by atoms with E-state index in [2.05, 4.69) is 57.5 Å². The molecule has 1 aliphatic carbocycles. The van der Waals surface area contributed by atoms with Crippen molar-refractivity contribution in [2.45, 2.75) is 58.5 Å². The zero-order valence-electron chi connectivity index (χ0n) is 72.2. The lowest BCUT2D eigenvalue weighted by Gasteiger charge is -2.22. The Bertz CT molecular complexity index is 5450. The highest BCUT2D eigenvalue weighted by Gasteiger charge is 2.31. The van der Waals surface area contributed by atoms with Gasteiger partial charge < -0.3 is 123 Å². The smallest absolute Gasteiger partial charge is 0.407 e. The number of amides is 8. The van der Waals surface area contributed by atoms with Crippen LogP contribution in [0.1, 0.15) is 109 Å². The molecule has 11 rings (SSSR count). The zero-order valence-corrected chi connectivity index (χ0v) is 72.2. The van der Waals surface area contributed by atoms with E-state index in [-0.39, 0.29) is 134 Å². The number of ether oxygens (including phenoxy) is 11. The molecule has 36 nitrogen and oxygen atoms in total. The second-order valence-corrected chi connectivity index (χ2v) is 30.2. The van der Waals surface area contributed by atoms with Crippen molar-refractivity contribution in [2.75, 3.05) is 166 Å². The second-order valence-electron chi connectivity index (χ2n) is 30.2. The standard InChI is InChI=1S/C90H108FN15O21/c1-57-47-60(91)48-58(2)81(57)127-74-22-17-59(90(3,4)116)49-68(74)70-53-106(8)88(114)80-69(70)51-72(98-80)84(110)96-61-18-20-63(21-19-61)125-46-45-124-44-43-123-42-41-122-40-39-121-38-37-120-36-35-119-34-33-118-32-31-117-30-29-92-77(107)23-26-94-86(112)82-101-75(54-104(82)6)99-78(108)24-27-93-85(111)73-50-62(52-103(73)5)97-87(113)83-102-76(55-105(83)7)100-79(109)25-28-95-89(115)126-56-71-66-15-11-9-13-64(66)65-14-10-12-16-67(65)71/h9-22,47-55,71,98,116H,23-46,56H2,1-8H3,(H,92,107)(H,93,111)(H,94,112)(H,95,115)(H,96,110)(H,97,113)(H,99,108)(H,100,109).